The van der Waals surface area contributed by atoms with Crippen molar-refractivity contribution in [3.8, 4) is 5.75 Å². The number of aromatic nitrogens is 3. The zero-order valence-corrected chi connectivity index (χ0v) is 14.0. The van der Waals surface area contributed by atoms with Gasteiger partial charge in [0.2, 0.25) is 0 Å². The standard InChI is InChI=1S/C17H15ClN4O2/c1-10-9-22(15-8-12(18)4-6-16(15)24-10)17(23)11-3-5-14-13(7-11)19-20-21(14)2/h3-8,10H,9H2,1-2H3. The number of hydrogen-bond donors (Lipinski definition) is 0. The van der Waals surface area contributed by atoms with Crippen LogP contribution in [0.5, 0.6) is 5.75 Å². The summed E-state index contributed by atoms with van der Waals surface area (Å²) in [7, 11) is 1.82. The van der Waals surface area contributed by atoms with Crippen molar-refractivity contribution in [2.45, 2.75) is 13.0 Å². The Morgan fingerprint density at radius 3 is 2.96 bits per heavy atom. The molecule has 0 saturated heterocycles. The Kier molecular flexibility index (Phi) is 3.42. The number of halogens is 1. The lowest BCUT2D eigenvalue weighted by Gasteiger charge is -2.33. The highest BCUT2D eigenvalue weighted by molar-refractivity contribution is 6.31. The van der Waals surface area contributed by atoms with Crippen LogP contribution in [0.25, 0.3) is 11.0 Å². The molecule has 1 unspecified atom stereocenters. The molecule has 4 rings (SSSR count). The van der Waals surface area contributed by atoms with E-state index in [1.165, 1.54) is 0 Å². The lowest BCUT2D eigenvalue weighted by molar-refractivity contribution is 0.0961. The number of carbonyl (C=O) groups is 1. The average molecular weight is 343 g/mol. The van der Waals surface area contributed by atoms with Crippen molar-refractivity contribution in [1.29, 1.82) is 0 Å². The SMILES string of the molecule is CC1CN(C(=O)c2ccc3c(c2)nnn3C)c2cc(Cl)ccc2O1. The van der Waals surface area contributed by atoms with Crippen molar-refractivity contribution in [2.75, 3.05) is 11.4 Å². The Balaban J connectivity index is 1.77. The van der Waals surface area contributed by atoms with Gasteiger partial charge in [0.1, 0.15) is 17.4 Å². The third kappa shape index (κ3) is 2.39. The van der Waals surface area contributed by atoms with Crippen LogP contribution < -0.4 is 9.64 Å². The number of ether oxygens (including phenoxy) is 1. The van der Waals surface area contributed by atoms with Crippen molar-refractivity contribution in [1.82, 2.24) is 15.0 Å². The van der Waals surface area contributed by atoms with E-state index >= 15 is 0 Å². The van der Waals surface area contributed by atoms with Crippen LogP contribution in [0.3, 0.4) is 0 Å². The lowest BCUT2D eigenvalue weighted by Crippen LogP contribution is -2.42. The quantitative estimate of drug-likeness (QED) is 0.682. The summed E-state index contributed by atoms with van der Waals surface area (Å²) in [6, 6.07) is 10.7. The highest BCUT2D eigenvalue weighted by Gasteiger charge is 2.28. The molecule has 0 saturated carbocycles. The average Bonchev–Trinajstić information content (AvgIpc) is 2.94. The Morgan fingerprint density at radius 2 is 2.12 bits per heavy atom. The van der Waals surface area contributed by atoms with Gasteiger partial charge in [-0.25, -0.2) is 4.68 Å². The number of aryl methyl sites for hydroxylation is 1. The van der Waals surface area contributed by atoms with Gasteiger partial charge >= 0.3 is 0 Å². The first-order valence-electron chi connectivity index (χ1n) is 7.60. The summed E-state index contributed by atoms with van der Waals surface area (Å²) in [4.78, 5) is 14.7. The molecule has 0 bridgehead atoms. The molecule has 1 aliphatic rings. The fourth-order valence-corrected chi connectivity index (χ4v) is 3.10. The summed E-state index contributed by atoms with van der Waals surface area (Å²) in [5, 5.41) is 8.61. The zero-order valence-electron chi connectivity index (χ0n) is 13.2. The maximum absolute atomic E-state index is 13.0. The predicted octanol–water partition coefficient (Wildman–Crippen LogP) is 3.05. The van der Waals surface area contributed by atoms with E-state index in [4.69, 9.17) is 16.3 Å². The van der Waals surface area contributed by atoms with Crippen LogP contribution in [0.15, 0.2) is 36.4 Å². The Labute approximate surface area is 143 Å². The number of hydrogen-bond acceptors (Lipinski definition) is 4. The molecule has 7 heteroatoms. The molecule has 1 amide bonds. The van der Waals surface area contributed by atoms with Gasteiger partial charge in [0.05, 0.1) is 17.7 Å². The second-order valence-electron chi connectivity index (χ2n) is 5.87. The number of nitrogens with zero attached hydrogens (tertiary/aromatic N) is 4. The number of fused-ring (bicyclic) bond motifs is 2. The largest absolute Gasteiger partial charge is 0.487 e. The fourth-order valence-electron chi connectivity index (χ4n) is 2.93. The highest BCUT2D eigenvalue weighted by atomic mass is 35.5. The van der Waals surface area contributed by atoms with Gasteiger partial charge in [0.15, 0.2) is 0 Å². The molecule has 24 heavy (non-hydrogen) atoms. The summed E-state index contributed by atoms with van der Waals surface area (Å²) < 4.78 is 7.47. The van der Waals surface area contributed by atoms with E-state index in [1.54, 1.807) is 39.9 Å². The topological polar surface area (TPSA) is 60.2 Å². The normalized spacial score (nSPS) is 16.8. The molecule has 1 aromatic heterocycles. The third-order valence-corrected chi connectivity index (χ3v) is 4.32. The van der Waals surface area contributed by atoms with E-state index in [2.05, 4.69) is 10.3 Å². The van der Waals surface area contributed by atoms with Gasteiger partial charge in [-0.3, -0.25) is 4.79 Å². The van der Waals surface area contributed by atoms with E-state index in [0.717, 1.165) is 5.52 Å². The summed E-state index contributed by atoms with van der Waals surface area (Å²) >= 11 is 6.10. The van der Waals surface area contributed by atoms with Crippen molar-refractivity contribution < 1.29 is 9.53 Å². The molecule has 1 atom stereocenters. The highest BCUT2D eigenvalue weighted by Crippen LogP contribution is 2.36. The van der Waals surface area contributed by atoms with Crippen molar-refractivity contribution in [3.05, 3.63) is 47.0 Å². The molecule has 122 valence electrons. The smallest absolute Gasteiger partial charge is 0.258 e. The maximum atomic E-state index is 13.0. The molecule has 1 aliphatic heterocycles. The van der Waals surface area contributed by atoms with Crippen molar-refractivity contribution in [2.24, 2.45) is 7.05 Å². The van der Waals surface area contributed by atoms with Crippen LogP contribution in [0.2, 0.25) is 5.02 Å². The lowest BCUT2D eigenvalue weighted by atomic mass is 10.1. The van der Waals surface area contributed by atoms with Crippen molar-refractivity contribution >= 4 is 34.2 Å². The van der Waals surface area contributed by atoms with Crippen LogP contribution in [0.1, 0.15) is 17.3 Å². The number of carbonyl (C=O) groups excluding carboxylic acids is 1. The Bertz CT molecular complexity index is 953. The number of rotatable bonds is 1. The summed E-state index contributed by atoms with van der Waals surface area (Å²) in [6.07, 6.45) is -0.0946. The Morgan fingerprint density at radius 1 is 1.29 bits per heavy atom. The molecule has 0 N–H and O–H groups in total. The number of benzene rings is 2. The first kappa shape index (κ1) is 15.0. The van der Waals surface area contributed by atoms with Crippen LogP contribution in [0.4, 0.5) is 5.69 Å². The van der Waals surface area contributed by atoms with Crippen LogP contribution in [-0.4, -0.2) is 33.5 Å². The van der Waals surface area contributed by atoms with Gasteiger partial charge < -0.3 is 9.64 Å². The van der Waals surface area contributed by atoms with Gasteiger partial charge in [0.25, 0.3) is 5.91 Å². The first-order valence-corrected chi connectivity index (χ1v) is 7.98. The molecular formula is C17H15ClN4O2. The molecule has 3 aromatic rings. The summed E-state index contributed by atoms with van der Waals surface area (Å²) in [5.74, 6) is 0.549. The maximum Gasteiger partial charge on any atom is 0.258 e. The van der Waals surface area contributed by atoms with Gasteiger partial charge in [0, 0.05) is 17.6 Å². The third-order valence-electron chi connectivity index (χ3n) is 4.08. The minimum absolute atomic E-state index is 0.0946. The molecule has 0 fully saturated rings. The van der Waals surface area contributed by atoms with Gasteiger partial charge in [-0.1, -0.05) is 16.8 Å². The van der Waals surface area contributed by atoms with Crippen molar-refractivity contribution in [3.63, 3.8) is 0 Å². The first-order chi connectivity index (χ1) is 11.5. The van der Waals surface area contributed by atoms with Gasteiger partial charge in [-0.15, -0.1) is 5.10 Å². The van der Waals surface area contributed by atoms with Crippen LogP contribution >= 0.6 is 11.6 Å². The second kappa shape index (κ2) is 5.49. The number of anilines is 1. The predicted molar refractivity (Wildman–Crippen MR) is 91.7 cm³/mol. The van der Waals surface area contributed by atoms with E-state index in [0.29, 0.717) is 34.1 Å². The monoisotopic (exact) mass is 342 g/mol. The Hall–Kier alpha value is -2.60. The molecular weight excluding hydrogens is 328 g/mol. The van der Waals surface area contributed by atoms with E-state index < -0.39 is 0 Å². The number of amides is 1. The fraction of sp³-hybridized carbons (Fsp3) is 0.235. The van der Waals surface area contributed by atoms with Gasteiger partial charge in [-0.2, -0.15) is 0 Å². The molecule has 6 nitrogen and oxygen atoms in total. The van der Waals surface area contributed by atoms with E-state index in [9.17, 15) is 4.79 Å². The van der Waals surface area contributed by atoms with E-state index in [-0.39, 0.29) is 12.0 Å². The van der Waals surface area contributed by atoms with E-state index in [1.807, 2.05) is 20.0 Å². The molecule has 0 radical (unpaired) electrons. The van der Waals surface area contributed by atoms with Crippen LogP contribution in [-0.2, 0) is 7.05 Å². The second-order valence-corrected chi connectivity index (χ2v) is 6.31. The molecule has 2 heterocycles. The minimum Gasteiger partial charge on any atom is -0.487 e. The summed E-state index contributed by atoms with van der Waals surface area (Å²) in [6.45, 7) is 2.40. The minimum atomic E-state index is -0.110. The zero-order chi connectivity index (χ0) is 16.8. The summed E-state index contributed by atoms with van der Waals surface area (Å²) in [5.41, 5.74) is 2.81. The van der Waals surface area contributed by atoms with Crippen LogP contribution in [0, 0.1) is 0 Å². The molecule has 0 spiro atoms. The van der Waals surface area contributed by atoms with Gasteiger partial charge in [-0.05, 0) is 43.3 Å². The molecule has 2 aromatic carbocycles. The molecule has 0 aliphatic carbocycles.